The Labute approximate surface area is 215 Å². The van der Waals surface area contributed by atoms with Crippen molar-refractivity contribution in [2.75, 3.05) is 39.6 Å². The van der Waals surface area contributed by atoms with Gasteiger partial charge in [0, 0.05) is 23.3 Å². The molecule has 0 fully saturated rings. The molecule has 0 spiro atoms. The van der Waals surface area contributed by atoms with E-state index in [0.717, 1.165) is 0 Å². The van der Waals surface area contributed by atoms with Gasteiger partial charge in [-0.05, 0) is 62.6 Å². The molecule has 3 aromatic carbocycles. The zero-order valence-electron chi connectivity index (χ0n) is 19.3. The van der Waals surface area contributed by atoms with Crippen LogP contribution in [0.25, 0.3) is 0 Å². The molecule has 3 aromatic rings. The molecule has 8 nitrogen and oxygen atoms in total. The van der Waals surface area contributed by atoms with Gasteiger partial charge in [-0.2, -0.15) is 0 Å². The number of rotatable bonds is 8. The second-order valence-corrected chi connectivity index (χ2v) is 7.68. The number of likely N-dealkylation sites (N-methyl/N-ethyl adjacent to an activating group) is 1. The molecule has 0 unspecified atom stereocenters. The Morgan fingerprint density at radius 2 is 1.63 bits per heavy atom. The van der Waals surface area contributed by atoms with Crippen LogP contribution in [0.2, 0.25) is 5.02 Å². The number of esters is 2. The Bertz CT molecular complexity index is 1060. The predicted octanol–water partition coefficient (Wildman–Crippen LogP) is 4.44. The van der Waals surface area contributed by atoms with Gasteiger partial charge in [-0.3, -0.25) is 0 Å². The van der Waals surface area contributed by atoms with Gasteiger partial charge in [0.1, 0.15) is 29.4 Å². The molecule has 0 aliphatic heterocycles. The minimum Gasteiger partial charge on any atom is -0.507 e. The number of halogens is 2. The number of nitrogens with zero attached hydrogens (tertiary/aromatic N) is 1. The molecule has 10 heteroatoms. The monoisotopic (exact) mass is 522 g/mol. The molecule has 0 bridgehead atoms. The quantitative estimate of drug-likeness (QED) is 0.253. The number of hydrogen-bond acceptors (Lipinski definition) is 8. The van der Waals surface area contributed by atoms with E-state index in [1.54, 1.807) is 48.5 Å². The van der Waals surface area contributed by atoms with Crippen LogP contribution in [0.15, 0.2) is 72.8 Å². The number of hydrogen-bond donors (Lipinski definition) is 2. The molecule has 0 aromatic heterocycles. The fourth-order valence-corrected chi connectivity index (χ4v) is 2.55. The highest BCUT2D eigenvalue weighted by Crippen LogP contribution is 2.22. The summed E-state index contributed by atoms with van der Waals surface area (Å²) in [5.41, 5.74) is 5.94. The Morgan fingerprint density at radius 1 is 0.971 bits per heavy atom. The molecule has 188 valence electrons. The van der Waals surface area contributed by atoms with Crippen molar-refractivity contribution in [2.24, 2.45) is 0 Å². The van der Waals surface area contributed by atoms with Gasteiger partial charge in [-0.15, -0.1) is 12.4 Å². The molecule has 0 saturated heterocycles. The third-order valence-electron chi connectivity index (χ3n) is 4.17. The third kappa shape index (κ3) is 11.5. The molecule has 0 saturated carbocycles. The average molecular weight is 523 g/mol. The van der Waals surface area contributed by atoms with Crippen LogP contribution in [0.3, 0.4) is 0 Å². The first-order valence-corrected chi connectivity index (χ1v) is 10.7. The number of carbonyl (C=O) groups is 2. The Kier molecular flexibility index (Phi) is 13.0. The molecule has 0 aliphatic rings. The van der Waals surface area contributed by atoms with Gasteiger partial charge in [-0.1, -0.05) is 29.8 Å². The molecule has 0 amide bonds. The summed E-state index contributed by atoms with van der Waals surface area (Å²) in [6.07, 6.45) is 0. The van der Waals surface area contributed by atoms with Crippen LogP contribution < -0.4 is 15.2 Å². The maximum Gasteiger partial charge on any atom is 0.347 e. The van der Waals surface area contributed by atoms with Crippen LogP contribution in [0.1, 0.15) is 10.4 Å². The van der Waals surface area contributed by atoms with Crippen molar-refractivity contribution in [1.82, 2.24) is 4.90 Å². The molecular weight excluding hydrogens is 495 g/mol. The van der Waals surface area contributed by atoms with Crippen molar-refractivity contribution in [3.63, 3.8) is 0 Å². The summed E-state index contributed by atoms with van der Waals surface area (Å²) >= 11 is 5.72. The lowest BCUT2D eigenvalue weighted by Crippen LogP contribution is -2.22. The number of para-hydroxylation sites is 1. The van der Waals surface area contributed by atoms with Gasteiger partial charge < -0.3 is 30.0 Å². The summed E-state index contributed by atoms with van der Waals surface area (Å²) in [6.45, 7) is 0.984. The van der Waals surface area contributed by atoms with Gasteiger partial charge in [0.15, 0.2) is 6.61 Å². The van der Waals surface area contributed by atoms with E-state index >= 15 is 0 Å². The molecule has 3 N–H and O–H groups in total. The molecular formula is C25H28Cl2N2O6. The lowest BCUT2D eigenvalue weighted by molar-refractivity contribution is -0.146. The number of benzene rings is 3. The van der Waals surface area contributed by atoms with Crippen LogP contribution >= 0.6 is 24.0 Å². The summed E-state index contributed by atoms with van der Waals surface area (Å²) in [6, 6.07) is 19.7. The number of carbonyl (C=O) groups excluding carboxylic acids is 2. The SMILES string of the molecule is CN(C)CCOC(=O)COc1ccc(Cl)cc1.Cl.Nc1ccc(C(=O)Oc2ccccc2)c(O)c1. The lowest BCUT2D eigenvalue weighted by Gasteiger charge is -2.10. The summed E-state index contributed by atoms with van der Waals surface area (Å²) in [7, 11) is 3.83. The zero-order chi connectivity index (χ0) is 24.9. The maximum absolute atomic E-state index is 11.7. The van der Waals surface area contributed by atoms with Crippen LogP contribution in [-0.2, 0) is 9.53 Å². The normalized spacial score (nSPS) is 9.83. The number of phenols is 1. The minimum absolute atomic E-state index is 0. The van der Waals surface area contributed by atoms with Crippen molar-refractivity contribution in [1.29, 1.82) is 0 Å². The summed E-state index contributed by atoms with van der Waals surface area (Å²) in [5, 5.41) is 10.2. The smallest absolute Gasteiger partial charge is 0.347 e. The molecule has 0 atom stereocenters. The largest absolute Gasteiger partial charge is 0.507 e. The van der Waals surface area contributed by atoms with E-state index in [1.165, 1.54) is 18.2 Å². The first kappa shape index (κ1) is 29.6. The van der Waals surface area contributed by atoms with E-state index in [-0.39, 0.29) is 36.3 Å². The van der Waals surface area contributed by atoms with Gasteiger partial charge >= 0.3 is 11.9 Å². The molecule has 35 heavy (non-hydrogen) atoms. The minimum atomic E-state index is -0.617. The second kappa shape index (κ2) is 15.4. The van der Waals surface area contributed by atoms with E-state index in [0.29, 0.717) is 35.4 Å². The van der Waals surface area contributed by atoms with E-state index in [4.69, 9.17) is 31.5 Å². The first-order valence-electron chi connectivity index (χ1n) is 10.3. The van der Waals surface area contributed by atoms with Crippen molar-refractivity contribution >= 4 is 41.6 Å². The van der Waals surface area contributed by atoms with Crippen molar-refractivity contribution in [3.05, 3.63) is 83.4 Å². The standard InChI is InChI=1S/C13H11NO3.C12H16ClNO3.ClH/c14-9-6-7-11(12(15)8-9)13(16)17-10-4-2-1-3-5-10;1-14(2)7-8-16-12(15)9-17-11-5-3-10(13)4-6-11;/h1-8,15H,14H2;3-6H,7-9H2,1-2H3;1H. The summed E-state index contributed by atoms with van der Waals surface area (Å²) in [5.74, 6) is -0.158. The summed E-state index contributed by atoms with van der Waals surface area (Å²) < 4.78 is 15.3. The number of aromatic hydroxyl groups is 1. The Balaban J connectivity index is 0.000000340. The van der Waals surface area contributed by atoms with Crippen LogP contribution in [0.4, 0.5) is 5.69 Å². The topological polar surface area (TPSA) is 111 Å². The summed E-state index contributed by atoms with van der Waals surface area (Å²) in [4.78, 5) is 24.9. The van der Waals surface area contributed by atoms with E-state index < -0.39 is 5.97 Å². The highest BCUT2D eigenvalue weighted by atomic mass is 35.5. The van der Waals surface area contributed by atoms with Crippen molar-refractivity contribution in [2.45, 2.75) is 0 Å². The van der Waals surface area contributed by atoms with Crippen LogP contribution in [-0.4, -0.2) is 55.8 Å². The number of nitrogen functional groups attached to an aromatic ring is 1. The van der Waals surface area contributed by atoms with E-state index in [9.17, 15) is 14.7 Å². The van der Waals surface area contributed by atoms with Gasteiger partial charge in [0.25, 0.3) is 0 Å². The predicted molar refractivity (Wildman–Crippen MR) is 138 cm³/mol. The number of phenolic OH excluding ortho intramolecular Hbond substituents is 1. The highest BCUT2D eigenvalue weighted by molar-refractivity contribution is 6.30. The Morgan fingerprint density at radius 3 is 2.23 bits per heavy atom. The van der Waals surface area contributed by atoms with E-state index in [2.05, 4.69) is 0 Å². The number of ether oxygens (including phenoxy) is 3. The average Bonchev–Trinajstić information content (AvgIpc) is 2.79. The fraction of sp³-hybridized carbons (Fsp3) is 0.200. The van der Waals surface area contributed by atoms with Crippen LogP contribution in [0, 0.1) is 0 Å². The maximum atomic E-state index is 11.7. The van der Waals surface area contributed by atoms with E-state index in [1.807, 2.05) is 25.1 Å². The second-order valence-electron chi connectivity index (χ2n) is 7.25. The van der Waals surface area contributed by atoms with Crippen molar-refractivity contribution < 1.29 is 28.9 Å². The number of anilines is 1. The number of nitrogens with two attached hydrogens (primary N) is 1. The molecule has 0 heterocycles. The molecule has 0 radical (unpaired) electrons. The van der Waals surface area contributed by atoms with Gasteiger partial charge in [0.05, 0.1) is 0 Å². The first-order chi connectivity index (χ1) is 16.2. The van der Waals surface area contributed by atoms with Crippen LogP contribution in [0.5, 0.6) is 17.2 Å². The van der Waals surface area contributed by atoms with Gasteiger partial charge in [0.2, 0.25) is 0 Å². The Hall–Kier alpha value is -3.46. The molecule has 3 rings (SSSR count). The lowest BCUT2D eigenvalue weighted by atomic mass is 10.2. The van der Waals surface area contributed by atoms with Gasteiger partial charge in [-0.25, -0.2) is 9.59 Å². The fourth-order valence-electron chi connectivity index (χ4n) is 2.43. The zero-order valence-corrected chi connectivity index (χ0v) is 20.9. The highest BCUT2D eigenvalue weighted by Gasteiger charge is 2.13. The third-order valence-corrected chi connectivity index (χ3v) is 4.42. The van der Waals surface area contributed by atoms with Crippen molar-refractivity contribution in [3.8, 4) is 17.2 Å². The molecule has 0 aliphatic carbocycles.